The molecule has 1 unspecified atom stereocenters. The topological polar surface area (TPSA) is 15.3 Å². The van der Waals surface area contributed by atoms with Crippen LogP contribution in [0.4, 0.5) is 0 Å². The Labute approximate surface area is 52.9 Å². The van der Waals surface area contributed by atoms with Gasteiger partial charge in [0.25, 0.3) is 0 Å². The summed E-state index contributed by atoms with van der Waals surface area (Å²) in [5.41, 5.74) is 0.565. The molecule has 1 fully saturated rings. The van der Waals surface area contributed by atoms with Gasteiger partial charge in [-0.25, -0.2) is 0 Å². The summed E-state index contributed by atoms with van der Waals surface area (Å²) in [5.74, 6) is 1.27. The summed E-state index contributed by atoms with van der Waals surface area (Å²) < 4.78 is 0. The first-order chi connectivity index (χ1) is 3.97. The molecule has 2 heterocycles. The average molecular weight is 128 g/mol. The summed E-state index contributed by atoms with van der Waals surface area (Å²) in [6.45, 7) is 1.21. The largest absolute Gasteiger partial charge is 0.362 e. The van der Waals surface area contributed by atoms with Gasteiger partial charge in [-0.2, -0.15) is 0 Å². The second-order valence-electron chi connectivity index (χ2n) is 1.94. The van der Waals surface area contributed by atoms with Crippen molar-refractivity contribution in [2.45, 2.75) is 5.50 Å². The first-order valence-corrected chi connectivity index (χ1v) is 3.82. The van der Waals surface area contributed by atoms with Crippen LogP contribution in [0.15, 0.2) is 12.4 Å². The highest BCUT2D eigenvalue weighted by Crippen LogP contribution is 2.23. The number of hydrogen-bond donors (Lipinski definition) is 1. The van der Waals surface area contributed by atoms with Crippen LogP contribution in [-0.4, -0.2) is 22.7 Å². The van der Waals surface area contributed by atoms with Crippen molar-refractivity contribution in [3.05, 3.63) is 12.4 Å². The number of nitrogens with zero attached hydrogens (tertiary/aromatic N) is 1. The van der Waals surface area contributed by atoms with E-state index >= 15 is 0 Å². The summed E-state index contributed by atoms with van der Waals surface area (Å²) in [6, 6.07) is 0. The standard InChI is InChI=1S/C5H8N2S/c1-2-7-3-4-8-5(7)6-1/h1-2,5-6H,3-4H2. The molecule has 2 aliphatic heterocycles. The van der Waals surface area contributed by atoms with Crippen LogP contribution in [0.1, 0.15) is 0 Å². The maximum absolute atomic E-state index is 3.23. The number of rotatable bonds is 0. The average Bonchev–Trinajstić information content (AvgIpc) is 2.15. The van der Waals surface area contributed by atoms with Crippen molar-refractivity contribution in [3.63, 3.8) is 0 Å². The lowest BCUT2D eigenvalue weighted by Gasteiger charge is -2.12. The Bertz CT molecular complexity index is 124. The van der Waals surface area contributed by atoms with Crippen LogP contribution in [0.2, 0.25) is 0 Å². The van der Waals surface area contributed by atoms with E-state index in [0.29, 0.717) is 5.50 Å². The minimum Gasteiger partial charge on any atom is -0.362 e. The van der Waals surface area contributed by atoms with Crippen LogP contribution in [-0.2, 0) is 0 Å². The van der Waals surface area contributed by atoms with Crippen molar-refractivity contribution >= 4 is 11.8 Å². The lowest BCUT2D eigenvalue weighted by Crippen LogP contribution is -2.26. The first kappa shape index (κ1) is 4.56. The number of fused-ring (bicyclic) bond motifs is 1. The quantitative estimate of drug-likeness (QED) is 0.508. The zero-order chi connectivity index (χ0) is 5.40. The fraction of sp³-hybridized carbons (Fsp3) is 0.600. The van der Waals surface area contributed by atoms with E-state index in [1.165, 1.54) is 12.3 Å². The van der Waals surface area contributed by atoms with Gasteiger partial charge in [-0.3, -0.25) is 0 Å². The molecule has 0 bridgehead atoms. The van der Waals surface area contributed by atoms with Gasteiger partial charge in [-0.1, -0.05) is 0 Å². The third-order valence-corrected chi connectivity index (χ3v) is 2.57. The Morgan fingerprint density at radius 3 is 3.62 bits per heavy atom. The smallest absolute Gasteiger partial charge is 0.147 e. The van der Waals surface area contributed by atoms with Gasteiger partial charge in [0.1, 0.15) is 5.50 Å². The van der Waals surface area contributed by atoms with Crippen LogP contribution < -0.4 is 5.32 Å². The Hall–Kier alpha value is -0.310. The zero-order valence-corrected chi connectivity index (χ0v) is 5.32. The molecule has 1 atom stereocenters. The number of hydrogen-bond acceptors (Lipinski definition) is 3. The SMILES string of the molecule is C1=CN2CCSC2N1. The molecule has 0 saturated carbocycles. The number of nitrogens with one attached hydrogen (secondary N) is 1. The molecule has 0 aromatic carbocycles. The highest BCUT2D eigenvalue weighted by atomic mass is 32.2. The molecule has 0 spiro atoms. The van der Waals surface area contributed by atoms with Gasteiger partial charge in [-0.15, -0.1) is 11.8 Å². The van der Waals surface area contributed by atoms with Crippen molar-refractivity contribution in [1.82, 2.24) is 10.2 Å². The van der Waals surface area contributed by atoms with Crippen LogP contribution in [0.3, 0.4) is 0 Å². The Kier molecular flexibility index (Phi) is 0.903. The van der Waals surface area contributed by atoms with Crippen LogP contribution in [0.5, 0.6) is 0 Å². The molecule has 3 heteroatoms. The molecule has 0 aromatic rings. The summed E-state index contributed by atoms with van der Waals surface area (Å²) in [4.78, 5) is 2.31. The van der Waals surface area contributed by atoms with Gasteiger partial charge in [0.2, 0.25) is 0 Å². The van der Waals surface area contributed by atoms with Gasteiger partial charge >= 0.3 is 0 Å². The van der Waals surface area contributed by atoms with Crippen molar-refractivity contribution < 1.29 is 0 Å². The van der Waals surface area contributed by atoms with Crippen LogP contribution in [0.25, 0.3) is 0 Å². The molecule has 1 N–H and O–H groups in total. The minimum atomic E-state index is 0.565. The van der Waals surface area contributed by atoms with Crippen molar-refractivity contribution in [1.29, 1.82) is 0 Å². The molecule has 2 rings (SSSR count). The van der Waals surface area contributed by atoms with Gasteiger partial charge in [0.15, 0.2) is 0 Å². The van der Waals surface area contributed by atoms with E-state index in [1.807, 2.05) is 18.0 Å². The molecule has 0 aliphatic carbocycles. The van der Waals surface area contributed by atoms with E-state index < -0.39 is 0 Å². The molecule has 2 nitrogen and oxygen atoms in total. The maximum Gasteiger partial charge on any atom is 0.147 e. The fourth-order valence-electron chi connectivity index (χ4n) is 1.00. The fourth-order valence-corrected chi connectivity index (χ4v) is 2.08. The monoisotopic (exact) mass is 128 g/mol. The Balaban J connectivity index is 2.13. The molecular formula is C5H8N2S. The second kappa shape index (κ2) is 1.58. The molecule has 44 valence electrons. The summed E-state index contributed by atoms with van der Waals surface area (Å²) in [5, 5.41) is 3.23. The minimum absolute atomic E-state index is 0.565. The van der Waals surface area contributed by atoms with E-state index in [2.05, 4.69) is 16.4 Å². The summed E-state index contributed by atoms with van der Waals surface area (Å²) in [7, 11) is 0. The van der Waals surface area contributed by atoms with E-state index in [1.54, 1.807) is 0 Å². The Morgan fingerprint density at radius 2 is 2.75 bits per heavy atom. The first-order valence-electron chi connectivity index (χ1n) is 2.77. The van der Waals surface area contributed by atoms with Gasteiger partial charge < -0.3 is 10.2 Å². The van der Waals surface area contributed by atoms with E-state index in [9.17, 15) is 0 Å². The molecule has 0 amide bonds. The third-order valence-electron chi connectivity index (χ3n) is 1.43. The lowest BCUT2D eigenvalue weighted by molar-refractivity contribution is 0.405. The van der Waals surface area contributed by atoms with Gasteiger partial charge in [-0.05, 0) is 0 Å². The normalized spacial score (nSPS) is 33.0. The summed E-state index contributed by atoms with van der Waals surface area (Å²) in [6.07, 6.45) is 4.13. The van der Waals surface area contributed by atoms with Crippen molar-refractivity contribution in [2.24, 2.45) is 0 Å². The van der Waals surface area contributed by atoms with Crippen molar-refractivity contribution in [2.75, 3.05) is 12.3 Å². The molecule has 2 aliphatic rings. The zero-order valence-electron chi connectivity index (χ0n) is 4.50. The van der Waals surface area contributed by atoms with Crippen LogP contribution >= 0.6 is 11.8 Å². The highest BCUT2D eigenvalue weighted by Gasteiger charge is 2.23. The Morgan fingerprint density at radius 1 is 1.75 bits per heavy atom. The maximum atomic E-state index is 3.23. The van der Waals surface area contributed by atoms with Crippen molar-refractivity contribution in [3.8, 4) is 0 Å². The second-order valence-corrected chi connectivity index (χ2v) is 3.13. The number of thioether (sulfide) groups is 1. The van der Waals surface area contributed by atoms with Gasteiger partial charge in [0.05, 0.1) is 0 Å². The van der Waals surface area contributed by atoms with E-state index in [-0.39, 0.29) is 0 Å². The van der Waals surface area contributed by atoms with E-state index in [0.717, 1.165) is 0 Å². The lowest BCUT2D eigenvalue weighted by atomic mass is 10.6. The predicted molar refractivity (Wildman–Crippen MR) is 35.2 cm³/mol. The highest BCUT2D eigenvalue weighted by molar-refractivity contribution is 8.00. The molecule has 0 aromatic heterocycles. The molecule has 8 heavy (non-hydrogen) atoms. The summed E-state index contributed by atoms with van der Waals surface area (Å²) >= 11 is 1.97. The molecule has 0 radical (unpaired) electrons. The predicted octanol–water partition coefficient (Wildman–Crippen LogP) is 0.393. The van der Waals surface area contributed by atoms with E-state index in [4.69, 9.17) is 0 Å². The van der Waals surface area contributed by atoms with Gasteiger partial charge in [0, 0.05) is 24.7 Å². The molecule has 1 saturated heterocycles. The molecular weight excluding hydrogens is 120 g/mol. The van der Waals surface area contributed by atoms with Crippen LogP contribution in [0, 0.1) is 0 Å². The third kappa shape index (κ3) is 0.508.